The molecule has 0 aromatic heterocycles. The van der Waals surface area contributed by atoms with Crippen LogP contribution in [0, 0.1) is 17.2 Å². The molecule has 0 bridgehead atoms. The molecule has 0 aliphatic carbocycles. The Kier molecular flexibility index (Phi) is 2.65. The maximum Gasteiger partial charge on any atom is 0.324 e. The lowest BCUT2D eigenvalue weighted by molar-refractivity contribution is -0.124. The summed E-state index contributed by atoms with van der Waals surface area (Å²) in [4.78, 5) is 23.4. The van der Waals surface area contributed by atoms with Crippen LogP contribution in [0.15, 0.2) is 12.7 Å². The lowest BCUT2D eigenvalue weighted by Crippen LogP contribution is -2.53. The third kappa shape index (κ3) is 1.85. The van der Waals surface area contributed by atoms with Gasteiger partial charge in [-0.3, -0.25) is 10.1 Å². The summed E-state index contributed by atoms with van der Waals surface area (Å²) in [7, 11) is 0. The predicted octanol–water partition coefficient (Wildman–Crippen LogP) is -0.136. The lowest BCUT2D eigenvalue weighted by atomic mass is 10.1. The summed E-state index contributed by atoms with van der Waals surface area (Å²) in [6, 6.07) is 1.36. The number of hydrogen-bond donors (Lipinski definition) is 1. The van der Waals surface area contributed by atoms with Gasteiger partial charge in [0.05, 0.1) is 6.07 Å². The molecule has 68 valence electrons. The number of amides is 3. The summed E-state index contributed by atoms with van der Waals surface area (Å²) < 4.78 is 0. The van der Waals surface area contributed by atoms with Gasteiger partial charge in [0.1, 0.15) is 5.92 Å². The number of urea groups is 1. The van der Waals surface area contributed by atoms with Crippen molar-refractivity contribution >= 4 is 11.9 Å². The number of hydrogen-bond acceptors (Lipinski definition) is 3. The first-order valence-electron chi connectivity index (χ1n) is 3.79. The van der Waals surface area contributed by atoms with Crippen LogP contribution in [0.5, 0.6) is 0 Å². The fourth-order valence-electron chi connectivity index (χ4n) is 1.07. The molecule has 1 N–H and O–H groups in total. The van der Waals surface area contributed by atoms with Crippen molar-refractivity contribution in [1.82, 2.24) is 10.2 Å². The summed E-state index contributed by atoms with van der Waals surface area (Å²) in [5, 5.41) is 10.7. The highest BCUT2D eigenvalue weighted by Crippen LogP contribution is 2.06. The third-order valence-corrected chi connectivity index (χ3v) is 1.74. The Morgan fingerprint density at radius 1 is 1.77 bits per heavy atom. The van der Waals surface area contributed by atoms with Crippen LogP contribution in [0.25, 0.3) is 0 Å². The van der Waals surface area contributed by atoms with E-state index in [4.69, 9.17) is 5.26 Å². The highest BCUT2D eigenvalue weighted by molar-refractivity contribution is 5.99. The van der Waals surface area contributed by atoms with Crippen LogP contribution in [-0.4, -0.2) is 29.9 Å². The molecule has 1 aliphatic heterocycles. The minimum Gasteiger partial charge on any atom is -0.319 e. The Hall–Kier alpha value is -1.83. The van der Waals surface area contributed by atoms with Crippen molar-refractivity contribution in [2.45, 2.75) is 0 Å². The van der Waals surface area contributed by atoms with E-state index < -0.39 is 17.9 Å². The maximum atomic E-state index is 11.1. The molecule has 3 amide bonds. The summed E-state index contributed by atoms with van der Waals surface area (Å²) >= 11 is 0. The van der Waals surface area contributed by atoms with Gasteiger partial charge in [-0.15, -0.1) is 6.58 Å². The number of carbonyl (C=O) groups excluding carboxylic acids is 2. The van der Waals surface area contributed by atoms with Gasteiger partial charge < -0.3 is 4.90 Å². The molecule has 5 nitrogen and oxygen atoms in total. The Labute approximate surface area is 75.6 Å². The monoisotopic (exact) mass is 179 g/mol. The van der Waals surface area contributed by atoms with Crippen LogP contribution >= 0.6 is 0 Å². The minimum atomic E-state index is -0.766. The van der Waals surface area contributed by atoms with E-state index in [1.807, 2.05) is 6.07 Å². The molecular weight excluding hydrogens is 170 g/mol. The standard InChI is InChI=1S/C8H9N3O2/c1-2-3-11-5-6(4-9)7(12)10-8(11)13/h2,6H,1,3,5H2,(H,10,12,13). The molecule has 13 heavy (non-hydrogen) atoms. The lowest BCUT2D eigenvalue weighted by Gasteiger charge is -2.27. The van der Waals surface area contributed by atoms with Gasteiger partial charge in [-0.05, 0) is 0 Å². The van der Waals surface area contributed by atoms with E-state index in [2.05, 4.69) is 11.9 Å². The van der Waals surface area contributed by atoms with Crippen molar-refractivity contribution in [3.05, 3.63) is 12.7 Å². The van der Waals surface area contributed by atoms with Crippen molar-refractivity contribution in [3.63, 3.8) is 0 Å². The van der Waals surface area contributed by atoms with Crippen molar-refractivity contribution in [2.75, 3.05) is 13.1 Å². The average Bonchev–Trinajstić information content (AvgIpc) is 2.10. The second kappa shape index (κ2) is 3.72. The molecule has 5 heteroatoms. The van der Waals surface area contributed by atoms with Crippen LogP contribution in [0.2, 0.25) is 0 Å². The van der Waals surface area contributed by atoms with Gasteiger partial charge in [0.15, 0.2) is 0 Å². The average molecular weight is 179 g/mol. The first kappa shape index (κ1) is 9.26. The fourth-order valence-corrected chi connectivity index (χ4v) is 1.07. The summed E-state index contributed by atoms with van der Waals surface area (Å²) in [6.45, 7) is 3.96. The van der Waals surface area contributed by atoms with Gasteiger partial charge in [-0.2, -0.15) is 5.26 Å². The van der Waals surface area contributed by atoms with Crippen LogP contribution < -0.4 is 5.32 Å². The van der Waals surface area contributed by atoms with Crippen LogP contribution in [-0.2, 0) is 4.79 Å². The zero-order valence-electron chi connectivity index (χ0n) is 6.99. The van der Waals surface area contributed by atoms with Crippen molar-refractivity contribution in [2.24, 2.45) is 5.92 Å². The second-order valence-electron chi connectivity index (χ2n) is 2.67. The molecular formula is C8H9N3O2. The van der Waals surface area contributed by atoms with Crippen molar-refractivity contribution < 1.29 is 9.59 Å². The van der Waals surface area contributed by atoms with E-state index in [1.54, 1.807) is 6.08 Å². The maximum absolute atomic E-state index is 11.1. The van der Waals surface area contributed by atoms with Gasteiger partial charge in [0.25, 0.3) is 0 Å². The van der Waals surface area contributed by atoms with Crippen molar-refractivity contribution in [1.29, 1.82) is 5.26 Å². The van der Waals surface area contributed by atoms with Gasteiger partial charge >= 0.3 is 6.03 Å². The Morgan fingerprint density at radius 3 is 3.00 bits per heavy atom. The molecule has 1 aliphatic rings. The summed E-state index contributed by atoms with van der Waals surface area (Å²) in [5.74, 6) is -1.29. The number of imide groups is 1. The van der Waals surface area contributed by atoms with Crippen LogP contribution in [0.1, 0.15) is 0 Å². The number of carbonyl (C=O) groups is 2. The molecule has 0 saturated carbocycles. The molecule has 0 spiro atoms. The van der Waals surface area contributed by atoms with E-state index in [-0.39, 0.29) is 6.54 Å². The van der Waals surface area contributed by atoms with Gasteiger partial charge in [-0.1, -0.05) is 6.08 Å². The molecule has 1 heterocycles. The van der Waals surface area contributed by atoms with Crippen LogP contribution in [0.3, 0.4) is 0 Å². The quantitative estimate of drug-likeness (QED) is 0.600. The summed E-state index contributed by atoms with van der Waals surface area (Å²) in [6.07, 6.45) is 1.55. The van der Waals surface area contributed by atoms with E-state index in [0.717, 1.165) is 0 Å². The minimum absolute atomic E-state index is 0.146. The van der Waals surface area contributed by atoms with Gasteiger partial charge in [0, 0.05) is 13.1 Å². The number of rotatable bonds is 2. The SMILES string of the molecule is C=CCN1CC(C#N)C(=O)NC1=O. The predicted molar refractivity (Wildman–Crippen MR) is 44.4 cm³/mol. The van der Waals surface area contributed by atoms with E-state index in [1.165, 1.54) is 4.90 Å². The zero-order chi connectivity index (χ0) is 9.84. The molecule has 1 fully saturated rings. The molecule has 1 rings (SSSR count). The molecule has 1 unspecified atom stereocenters. The largest absolute Gasteiger partial charge is 0.324 e. The summed E-state index contributed by atoms with van der Waals surface area (Å²) in [5.41, 5.74) is 0. The number of nitrogens with one attached hydrogen (secondary N) is 1. The smallest absolute Gasteiger partial charge is 0.319 e. The van der Waals surface area contributed by atoms with E-state index >= 15 is 0 Å². The third-order valence-electron chi connectivity index (χ3n) is 1.74. The first-order chi connectivity index (χ1) is 6.19. The Morgan fingerprint density at radius 2 is 2.46 bits per heavy atom. The number of nitriles is 1. The van der Waals surface area contributed by atoms with Gasteiger partial charge in [-0.25, -0.2) is 4.79 Å². The molecule has 0 radical (unpaired) electrons. The Balaban J connectivity index is 2.70. The molecule has 0 aromatic carbocycles. The highest BCUT2D eigenvalue weighted by Gasteiger charge is 2.31. The zero-order valence-corrected chi connectivity index (χ0v) is 6.99. The van der Waals surface area contributed by atoms with Crippen LogP contribution in [0.4, 0.5) is 4.79 Å². The van der Waals surface area contributed by atoms with E-state index in [0.29, 0.717) is 6.54 Å². The molecule has 1 atom stereocenters. The topological polar surface area (TPSA) is 73.2 Å². The normalized spacial score (nSPS) is 22.1. The Bertz CT molecular complexity index is 292. The number of nitrogens with zero attached hydrogens (tertiary/aromatic N) is 2. The molecule has 1 saturated heterocycles. The van der Waals surface area contributed by atoms with Crippen molar-refractivity contribution in [3.8, 4) is 6.07 Å². The van der Waals surface area contributed by atoms with E-state index in [9.17, 15) is 9.59 Å². The fraction of sp³-hybridized carbons (Fsp3) is 0.375. The molecule has 0 aromatic rings. The highest BCUT2D eigenvalue weighted by atomic mass is 16.2. The first-order valence-corrected chi connectivity index (χ1v) is 3.79. The van der Waals surface area contributed by atoms with Gasteiger partial charge in [0.2, 0.25) is 5.91 Å². The second-order valence-corrected chi connectivity index (χ2v) is 2.67.